The number of aliphatic carboxylic acids is 2. The Bertz CT molecular complexity index is 1610. The standard InChI is InChI=1S/C27H26ClFN6O8/c1-42-17(19(36)20(29)35-13-31-18-21(30)33-26(28)34-22(18)35)12-43-27(24(38)39,25(40)41)11-14-7-9-16(10-8-14)32-23(37)15-5-3-2-4-6-15/h2-10,13,17,19-20,36H,11-12H2,1H3,(H,32,37)(H,38,39)(H,40,41)(H2,30,33,34)/t17-,19-,20-/m1/s1. The van der Waals surface area contributed by atoms with Crippen LogP contribution in [0.5, 0.6) is 0 Å². The molecule has 0 saturated carbocycles. The quantitative estimate of drug-likeness (QED) is 0.108. The third-order valence-electron chi connectivity index (χ3n) is 6.54. The van der Waals surface area contributed by atoms with E-state index in [1.54, 1.807) is 30.3 Å². The number of nitrogen functional groups attached to an aromatic ring is 1. The Morgan fingerprint density at radius 2 is 1.74 bits per heavy atom. The van der Waals surface area contributed by atoms with E-state index in [1.165, 1.54) is 24.3 Å². The number of carbonyl (C=O) groups is 3. The molecule has 4 aromatic rings. The number of nitrogens with one attached hydrogen (secondary N) is 1. The van der Waals surface area contributed by atoms with Gasteiger partial charge in [0.25, 0.3) is 11.5 Å². The first-order chi connectivity index (χ1) is 20.5. The summed E-state index contributed by atoms with van der Waals surface area (Å²) in [5.41, 5.74) is 3.82. The molecule has 0 radical (unpaired) electrons. The number of amides is 1. The van der Waals surface area contributed by atoms with Gasteiger partial charge in [0.2, 0.25) is 11.6 Å². The Kier molecular flexibility index (Phi) is 9.50. The van der Waals surface area contributed by atoms with E-state index in [4.69, 9.17) is 26.8 Å². The van der Waals surface area contributed by atoms with Crippen LogP contribution < -0.4 is 11.1 Å². The molecule has 0 bridgehead atoms. The van der Waals surface area contributed by atoms with Crippen LogP contribution in [0, 0.1) is 0 Å². The van der Waals surface area contributed by atoms with Crippen LogP contribution in [-0.4, -0.2) is 84.2 Å². The molecule has 43 heavy (non-hydrogen) atoms. The summed E-state index contributed by atoms with van der Waals surface area (Å²) in [5, 5.41) is 33.0. The molecule has 2 aromatic carbocycles. The first-order valence-electron chi connectivity index (χ1n) is 12.5. The van der Waals surface area contributed by atoms with Gasteiger partial charge in [0, 0.05) is 24.8 Å². The number of methoxy groups -OCH3 is 1. The number of hydrogen-bond donors (Lipinski definition) is 5. The van der Waals surface area contributed by atoms with E-state index in [9.17, 15) is 29.7 Å². The van der Waals surface area contributed by atoms with Crippen molar-refractivity contribution in [2.24, 2.45) is 0 Å². The van der Waals surface area contributed by atoms with E-state index in [-0.39, 0.29) is 33.7 Å². The molecule has 14 nitrogen and oxygen atoms in total. The number of aliphatic hydroxyl groups is 1. The van der Waals surface area contributed by atoms with E-state index < -0.39 is 49.1 Å². The fourth-order valence-corrected chi connectivity index (χ4v) is 4.34. The van der Waals surface area contributed by atoms with Crippen molar-refractivity contribution in [3.05, 3.63) is 77.3 Å². The van der Waals surface area contributed by atoms with Gasteiger partial charge in [-0.2, -0.15) is 9.97 Å². The number of alkyl halides is 1. The van der Waals surface area contributed by atoms with Crippen LogP contribution in [0.1, 0.15) is 22.2 Å². The third-order valence-corrected chi connectivity index (χ3v) is 6.71. The largest absolute Gasteiger partial charge is 0.479 e. The molecule has 0 aliphatic carbocycles. The summed E-state index contributed by atoms with van der Waals surface area (Å²) in [5.74, 6) is -4.18. The average Bonchev–Trinajstić information content (AvgIpc) is 3.41. The maximum atomic E-state index is 15.4. The lowest BCUT2D eigenvalue weighted by Crippen LogP contribution is -2.53. The number of nitrogens with two attached hydrogens (primary N) is 1. The molecule has 226 valence electrons. The molecule has 6 N–H and O–H groups in total. The van der Waals surface area contributed by atoms with Crippen LogP contribution >= 0.6 is 11.6 Å². The van der Waals surface area contributed by atoms with Gasteiger partial charge >= 0.3 is 11.9 Å². The minimum atomic E-state index is -2.84. The molecule has 0 saturated heterocycles. The number of hydrogen-bond acceptors (Lipinski definition) is 10. The van der Waals surface area contributed by atoms with Crippen LogP contribution in [0.4, 0.5) is 15.9 Å². The van der Waals surface area contributed by atoms with Gasteiger partial charge in [-0.3, -0.25) is 9.36 Å². The first-order valence-corrected chi connectivity index (χ1v) is 12.9. The van der Waals surface area contributed by atoms with Gasteiger partial charge in [0.05, 0.1) is 12.9 Å². The van der Waals surface area contributed by atoms with Crippen LogP contribution in [-0.2, 0) is 25.5 Å². The second-order valence-electron chi connectivity index (χ2n) is 9.28. The zero-order chi connectivity index (χ0) is 31.3. The van der Waals surface area contributed by atoms with Crippen molar-refractivity contribution < 1.29 is 43.6 Å². The first kappa shape index (κ1) is 31.2. The maximum absolute atomic E-state index is 15.4. The number of aromatic nitrogens is 4. The lowest BCUT2D eigenvalue weighted by Gasteiger charge is -2.30. The number of imidazole rings is 1. The van der Waals surface area contributed by atoms with Crippen molar-refractivity contribution in [2.45, 2.75) is 30.5 Å². The number of carbonyl (C=O) groups excluding carboxylic acids is 1. The molecule has 1 amide bonds. The normalized spacial score (nSPS) is 13.8. The minimum Gasteiger partial charge on any atom is -0.479 e. The Morgan fingerprint density at radius 3 is 2.35 bits per heavy atom. The summed E-state index contributed by atoms with van der Waals surface area (Å²) >= 11 is 5.81. The van der Waals surface area contributed by atoms with Crippen molar-refractivity contribution in [2.75, 3.05) is 24.8 Å². The van der Waals surface area contributed by atoms with Crippen LogP contribution in [0.2, 0.25) is 5.28 Å². The van der Waals surface area contributed by atoms with E-state index in [0.717, 1.165) is 18.0 Å². The highest BCUT2D eigenvalue weighted by Gasteiger charge is 2.49. The van der Waals surface area contributed by atoms with E-state index >= 15 is 4.39 Å². The number of carboxylic acid groups (broad SMARTS) is 2. The number of ether oxygens (including phenoxy) is 2. The number of fused-ring (bicyclic) bond motifs is 1. The predicted molar refractivity (Wildman–Crippen MR) is 150 cm³/mol. The van der Waals surface area contributed by atoms with Gasteiger partial charge in [0.15, 0.2) is 11.5 Å². The lowest BCUT2D eigenvalue weighted by atomic mass is 9.94. The van der Waals surface area contributed by atoms with Gasteiger partial charge in [0.1, 0.15) is 17.7 Å². The van der Waals surface area contributed by atoms with E-state index in [0.29, 0.717) is 11.3 Å². The summed E-state index contributed by atoms with van der Waals surface area (Å²) in [4.78, 5) is 48.4. The number of rotatable bonds is 13. The van der Waals surface area contributed by atoms with Crippen molar-refractivity contribution >= 4 is 52.1 Å². The number of nitrogens with zero attached hydrogens (tertiary/aromatic N) is 4. The zero-order valence-corrected chi connectivity index (χ0v) is 23.2. The van der Waals surface area contributed by atoms with Crippen LogP contribution in [0.15, 0.2) is 60.9 Å². The Labute approximate surface area is 247 Å². The second-order valence-corrected chi connectivity index (χ2v) is 9.62. The van der Waals surface area contributed by atoms with Gasteiger partial charge in [-0.05, 0) is 41.4 Å². The molecule has 0 spiro atoms. The topological polar surface area (TPSA) is 212 Å². The highest BCUT2D eigenvalue weighted by atomic mass is 35.5. The van der Waals surface area contributed by atoms with Crippen LogP contribution in [0.3, 0.4) is 0 Å². The lowest BCUT2D eigenvalue weighted by molar-refractivity contribution is -0.192. The van der Waals surface area contributed by atoms with E-state index in [2.05, 4.69) is 20.3 Å². The molecular weight excluding hydrogens is 591 g/mol. The highest BCUT2D eigenvalue weighted by molar-refractivity contribution is 6.28. The summed E-state index contributed by atoms with van der Waals surface area (Å²) in [6.45, 7) is -0.841. The molecule has 2 aromatic heterocycles. The van der Waals surface area contributed by atoms with E-state index in [1.807, 2.05) is 0 Å². The Morgan fingerprint density at radius 1 is 1.09 bits per heavy atom. The highest BCUT2D eigenvalue weighted by Crippen LogP contribution is 2.27. The molecule has 4 rings (SSSR count). The molecule has 16 heteroatoms. The minimum absolute atomic E-state index is 0.0193. The summed E-state index contributed by atoms with van der Waals surface area (Å²) < 4.78 is 26.7. The fourth-order valence-electron chi connectivity index (χ4n) is 4.17. The summed E-state index contributed by atoms with van der Waals surface area (Å²) in [6.07, 6.45) is -5.48. The monoisotopic (exact) mass is 616 g/mol. The SMILES string of the molecule is CO[C@H](COC(Cc1ccc(NC(=O)c2ccccc2)cc1)(C(=O)O)C(=O)O)[C@@H](O)[C@H](F)n1cnc2c(N)nc(Cl)nc21. The third kappa shape index (κ3) is 6.70. The maximum Gasteiger partial charge on any atom is 0.348 e. The van der Waals surface area contributed by atoms with Crippen molar-refractivity contribution in [3.8, 4) is 0 Å². The number of halogens is 2. The molecule has 0 fully saturated rings. The molecule has 2 heterocycles. The Balaban J connectivity index is 1.49. The molecule has 3 atom stereocenters. The summed E-state index contributed by atoms with van der Waals surface area (Å²) in [7, 11) is 1.10. The number of carboxylic acids is 2. The van der Waals surface area contributed by atoms with Gasteiger partial charge in [-0.25, -0.2) is 19.0 Å². The van der Waals surface area contributed by atoms with Gasteiger partial charge in [-0.1, -0.05) is 30.3 Å². The predicted octanol–water partition coefficient (Wildman–Crippen LogP) is 2.33. The fraction of sp³-hybridized carbons (Fsp3) is 0.259. The van der Waals surface area contributed by atoms with Crippen molar-refractivity contribution in [1.82, 2.24) is 19.5 Å². The zero-order valence-electron chi connectivity index (χ0n) is 22.4. The van der Waals surface area contributed by atoms with Gasteiger partial charge < -0.3 is 35.8 Å². The summed E-state index contributed by atoms with van der Waals surface area (Å²) in [6, 6.07) is 14.2. The van der Waals surface area contributed by atoms with Crippen LogP contribution in [0.25, 0.3) is 11.2 Å². The van der Waals surface area contributed by atoms with Crippen molar-refractivity contribution in [1.29, 1.82) is 0 Å². The molecular formula is C27H26ClFN6O8. The number of aliphatic hydroxyl groups excluding tert-OH is 1. The smallest absolute Gasteiger partial charge is 0.348 e. The Hall–Kier alpha value is -4.70. The number of anilines is 2. The number of benzene rings is 2. The molecule has 0 aliphatic rings. The van der Waals surface area contributed by atoms with Crippen molar-refractivity contribution in [3.63, 3.8) is 0 Å². The molecule has 0 aliphatic heterocycles. The molecule has 0 unspecified atom stereocenters. The average molecular weight is 617 g/mol. The second kappa shape index (κ2) is 13.1. The van der Waals surface area contributed by atoms with Gasteiger partial charge in [-0.15, -0.1) is 0 Å².